The van der Waals surface area contributed by atoms with Crippen LogP contribution in [0.5, 0.6) is 5.75 Å². The largest absolute Gasteiger partial charge is 0.483 e. The number of fused-ring (bicyclic) bond motifs is 2. The van der Waals surface area contributed by atoms with E-state index in [1.165, 1.54) is 5.56 Å². The minimum absolute atomic E-state index is 0.0686. The van der Waals surface area contributed by atoms with Gasteiger partial charge in [0.25, 0.3) is 5.91 Å². The summed E-state index contributed by atoms with van der Waals surface area (Å²) in [6.07, 6.45) is 3.37. The number of carbonyl (C=O) groups excluding carboxylic acids is 1. The summed E-state index contributed by atoms with van der Waals surface area (Å²) >= 11 is 0. The van der Waals surface area contributed by atoms with E-state index in [9.17, 15) is 13.2 Å². The van der Waals surface area contributed by atoms with E-state index in [0.29, 0.717) is 30.9 Å². The maximum absolute atomic E-state index is 12.0. The first-order valence-electron chi connectivity index (χ1n) is 14.1. The Morgan fingerprint density at radius 1 is 1.10 bits per heavy atom. The number of aryl methyl sites for hydroxylation is 1. The van der Waals surface area contributed by atoms with Gasteiger partial charge in [-0.2, -0.15) is 0 Å². The standard InChI is InChI=1S/C29H36N6O4S/c1-4-5-25(36)35-16-23(17-35)33-8-6-21(7-9-33)22-14-19(2)27-24(15-22)32-28-26(20(3)39-27)29(31-18-30-28)34-10-12-40(37,38)13-11-34/h14-15,18,20-21,23H,6-13,16-17H2,1-3H3,(H,30,31,32)/t20-/m1/s1. The van der Waals surface area contributed by atoms with Crippen LogP contribution in [0.2, 0.25) is 0 Å². The first-order valence-corrected chi connectivity index (χ1v) is 15.9. The van der Waals surface area contributed by atoms with Crippen molar-refractivity contribution in [3.63, 3.8) is 0 Å². The van der Waals surface area contributed by atoms with Crippen molar-refractivity contribution in [1.29, 1.82) is 0 Å². The lowest BCUT2D eigenvalue weighted by molar-refractivity contribution is -0.132. The van der Waals surface area contributed by atoms with Crippen molar-refractivity contribution in [3.05, 3.63) is 35.2 Å². The third kappa shape index (κ3) is 5.10. The molecule has 0 bridgehead atoms. The van der Waals surface area contributed by atoms with Crippen molar-refractivity contribution < 1.29 is 17.9 Å². The summed E-state index contributed by atoms with van der Waals surface area (Å²) in [6, 6.07) is 4.88. The molecule has 6 rings (SSSR count). The maximum atomic E-state index is 12.0. The Hall–Kier alpha value is -3.36. The summed E-state index contributed by atoms with van der Waals surface area (Å²) in [7, 11) is -3.00. The van der Waals surface area contributed by atoms with Crippen molar-refractivity contribution in [2.24, 2.45) is 0 Å². The van der Waals surface area contributed by atoms with Gasteiger partial charge in [0.15, 0.2) is 9.84 Å². The highest BCUT2D eigenvalue weighted by Crippen LogP contribution is 2.45. The van der Waals surface area contributed by atoms with Crippen molar-refractivity contribution in [1.82, 2.24) is 19.8 Å². The van der Waals surface area contributed by atoms with E-state index in [2.05, 4.69) is 51.1 Å². The van der Waals surface area contributed by atoms with Gasteiger partial charge in [-0.1, -0.05) is 12.0 Å². The van der Waals surface area contributed by atoms with E-state index >= 15 is 0 Å². The van der Waals surface area contributed by atoms with Crippen LogP contribution in [0, 0.1) is 18.8 Å². The van der Waals surface area contributed by atoms with Crippen LogP contribution < -0.4 is 15.0 Å². The molecule has 0 unspecified atom stereocenters. The van der Waals surface area contributed by atoms with Crippen LogP contribution >= 0.6 is 0 Å². The molecule has 0 spiro atoms. The number of carbonyl (C=O) groups is 1. The first kappa shape index (κ1) is 26.8. The van der Waals surface area contributed by atoms with Gasteiger partial charge in [-0.05, 0) is 75.7 Å². The van der Waals surface area contributed by atoms with E-state index in [0.717, 1.165) is 67.4 Å². The fraction of sp³-hybridized carbons (Fsp3) is 0.552. The number of nitrogens with one attached hydrogen (secondary N) is 1. The number of sulfone groups is 1. The smallest absolute Gasteiger partial charge is 0.298 e. The number of anilines is 3. The molecule has 0 saturated carbocycles. The number of aromatic nitrogens is 2. The average molecular weight is 565 g/mol. The zero-order valence-electron chi connectivity index (χ0n) is 23.3. The van der Waals surface area contributed by atoms with Crippen LogP contribution in [-0.4, -0.2) is 90.9 Å². The molecule has 1 amide bonds. The molecule has 1 N–H and O–H groups in total. The summed E-state index contributed by atoms with van der Waals surface area (Å²) in [5.41, 5.74) is 4.12. The maximum Gasteiger partial charge on any atom is 0.298 e. The van der Waals surface area contributed by atoms with Crippen LogP contribution in [0.15, 0.2) is 18.5 Å². The summed E-state index contributed by atoms with van der Waals surface area (Å²) in [5.74, 6) is 8.21. The van der Waals surface area contributed by atoms with Gasteiger partial charge in [-0.15, -0.1) is 0 Å². The molecule has 1 aromatic heterocycles. The molecule has 0 aliphatic carbocycles. The molecule has 1 aromatic carbocycles. The number of piperidine rings is 1. The summed E-state index contributed by atoms with van der Waals surface area (Å²) in [5, 5.41) is 3.54. The fourth-order valence-electron chi connectivity index (χ4n) is 6.32. The Labute approximate surface area is 236 Å². The number of rotatable bonds is 3. The van der Waals surface area contributed by atoms with Crippen LogP contribution in [0.4, 0.5) is 17.3 Å². The molecule has 40 heavy (non-hydrogen) atoms. The van der Waals surface area contributed by atoms with Crippen LogP contribution in [0.3, 0.4) is 0 Å². The molecular weight excluding hydrogens is 528 g/mol. The van der Waals surface area contributed by atoms with Gasteiger partial charge in [-0.25, -0.2) is 18.4 Å². The van der Waals surface area contributed by atoms with Crippen molar-refractivity contribution in [2.45, 2.75) is 51.7 Å². The van der Waals surface area contributed by atoms with E-state index in [1.807, 2.05) is 16.7 Å². The molecule has 10 nitrogen and oxygen atoms in total. The Bertz CT molecular complexity index is 1470. The number of ether oxygens (including phenoxy) is 1. The molecule has 2 aromatic rings. The molecule has 3 saturated heterocycles. The Balaban J connectivity index is 1.17. The third-order valence-corrected chi connectivity index (χ3v) is 10.3. The van der Waals surface area contributed by atoms with Gasteiger partial charge in [0.1, 0.15) is 29.8 Å². The predicted octanol–water partition coefficient (Wildman–Crippen LogP) is 2.63. The third-order valence-electron chi connectivity index (χ3n) is 8.66. The van der Waals surface area contributed by atoms with Crippen LogP contribution in [0.25, 0.3) is 0 Å². The lowest BCUT2D eigenvalue weighted by Gasteiger charge is -2.47. The predicted molar refractivity (Wildman–Crippen MR) is 154 cm³/mol. The van der Waals surface area contributed by atoms with Crippen molar-refractivity contribution in [3.8, 4) is 17.6 Å². The molecule has 212 valence electrons. The zero-order valence-corrected chi connectivity index (χ0v) is 24.1. The monoisotopic (exact) mass is 564 g/mol. The number of nitrogens with zero attached hydrogens (tertiary/aromatic N) is 5. The van der Waals surface area contributed by atoms with E-state index in [4.69, 9.17) is 4.74 Å². The van der Waals surface area contributed by atoms with Gasteiger partial charge in [-0.3, -0.25) is 9.69 Å². The molecule has 0 radical (unpaired) electrons. The van der Waals surface area contributed by atoms with Crippen LogP contribution in [0.1, 0.15) is 55.4 Å². The Kier molecular flexibility index (Phi) is 7.09. The highest BCUT2D eigenvalue weighted by molar-refractivity contribution is 7.91. The summed E-state index contributed by atoms with van der Waals surface area (Å²) in [6.45, 7) is 10.2. The SMILES string of the molecule is CC#CC(=O)N1CC(N2CCC(c3cc(C)c4c(c3)Nc3ncnc(N5CCS(=O)(=O)CC5)c3[C@@H](C)O4)CC2)C1. The lowest BCUT2D eigenvalue weighted by Crippen LogP contribution is -2.61. The number of hydrogen-bond acceptors (Lipinski definition) is 9. The van der Waals surface area contributed by atoms with Gasteiger partial charge in [0, 0.05) is 32.2 Å². The Morgan fingerprint density at radius 3 is 2.52 bits per heavy atom. The average Bonchev–Trinajstić information content (AvgIpc) is 3.04. The minimum Gasteiger partial charge on any atom is -0.483 e. The molecule has 3 fully saturated rings. The molecule has 4 aliphatic heterocycles. The second-order valence-corrected chi connectivity index (χ2v) is 13.6. The van der Waals surface area contributed by atoms with Gasteiger partial charge >= 0.3 is 0 Å². The number of benzene rings is 1. The summed E-state index contributed by atoms with van der Waals surface area (Å²) < 4.78 is 30.5. The normalized spacial score (nSPS) is 22.9. The Morgan fingerprint density at radius 2 is 1.82 bits per heavy atom. The lowest BCUT2D eigenvalue weighted by atomic mass is 9.87. The molecule has 4 aliphatic rings. The van der Waals surface area contributed by atoms with E-state index in [1.54, 1.807) is 13.3 Å². The first-order chi connectivity index (χ1) is 19.2. The molecule has 1 atom stereocenters. The molecule has 11 heteroatoms. The quantitative estimate of drug-likeness (QED) is 0.563. The van der Waals surface area contributed by atoms with E-state index < -0.39 is 9.84 Å². The summed E-state index contributed by atoms with van der Waals surface area (Å²) in [4.78, 5) is 27.5. The van der Waals surface area contributed by atoms with Gasteiger partial charge in [0.2, 0.25) is 0 Å². The second-order valence-electron chi connectivity index (χ2n) is 11.2. The number of hydrogen-bond donors (Lipinski definition) is 1. The van der Waals surface area contributed by atoms with Gasteiger partial charge in [0.05, 0.1) is 22.8 Å². The van der Waals surface area contributed by atoms with Crippen LogP contribution in [-0.2, 0) is 14.6 Å². The highest BCUT2D eigenvalue weighted by Gasteiger charge is 2.37. The van der Waals surface area contributed by atoms with Crippen molar-refractivity contribution >= 4 is 33.1 Å². The topological polar surface area (TPSA) is 108 Å². The molecular formula is C29H36N6O4S. The minimum atomic E-state index is -3.00. The highest BCUT2D eigenvalue weighted by atomic mass is 32.2. The van der Waals surface area contributed by atoms with E-state index in [-0.39, 0.29) is 23.5 Å². The van der Waals surface area contributed by atoms with Crippen molar-refractivity contribution in [2.75, 3.05) is 61.0 Å². The zero-order chi connectivity index (χ0) is 28.0. The molecule has 5 heterocycles. The second kappa shape index (κ2) is 10.6. The van der Waals surface area contributed by atoms with Gasteiger partial charge < -0.3 is 19.9 Å². The number of amides is 1. The number of likely N-dealkylation sites (tertiary alicyclic amines) is 2. The fourth-order valence-corrected chi connectivity index (χ4v) is 7.52.